The summed E-state index contributed by atoms with van der Waals surface area (Å²) in [6, 6.07) is 0. The van der Waals surface area contributed by atoms with Crippen LogP contribution in [0.3, 0.4) is 0 Å². The number of hydrogen-bond donors (Lipinski definition) is 2. The molecule has 0 radical (unpaired) electrons. The summed E-state index contributed by atoms with van der Waals surface area (Å²) in [6.07, 6.45) is -2.53. The maximum atomic E-state index is 9.22. The summed E-state index contributed by atoms with van der Waals surface area (Å²) in [5, 5.41) is 18.3. The van der Waals surface area contributed by atoms with Crippen molar-refractivity contribution in [1.29, 1.82) is 0 Å². The monoisotopic (exact) mass is 178 g/mol. The molecule has 4 unspecified atom stereocenters. The van der Waals surface area contributed by atoms with E-state index in [1.807, 2.05) is 0 Å². The Bertz CT molecular complexity index is 176. The van der Waals surface area contributed by atoms with Crippen LogP contribution in [-0.2, 0) is 13.3 Å². The van der Waals surface area contributed by atoms with Gasteiger partial charge in [0.25, 0.3) is 0 Å². The van der Waals surface area contributed by atoms with Gasteiger partial charge in [0.15, 0.2) is 6.29 Å². The van der Waals surface area contributed by atoms with Gasteiger partial charge in [0.05, 0.1) is 6.61 Å². The molecule has 0 aromatic rings. The second kappa shape index (κ2) is 2.25. The van der Waals surface area contributed by atoms with E-state index in [0.29, 0.717) is 6.61 Å². The van der Waals surface area contributed by atoms with Gasteiger partial charge in [-0.25, -0.2) is 0 Å². The average molecular weight is 178 g/mol. The lowest BCUT2D eigenvalue weighted by atomic mass is 10.2. The zero-order valence-electron chi connectivity index (χ0n) is 6.06. The summed E-state index contributed by atoms with van der Waals surface area (Å²) >= 11 is 0. The number of aliphatic hydroxyl groups is 2. The first kappa shape index (κ1) is 7.65. The topological polar surface area (TPSA) is 68.2 Å². The lowest BCUT2D eigenvalue weighted by Gasteiger charge is -2.32. The summed E-state index contributed by atoms with van der Waals surface area (Å²) < 4.78 is 15.4. The molecule has 5 nitrogen and oxygen atoms in total. The van der Waals surface area contributed by atoms with Gasteiger partial charge in [-0.2, -0.15) is 0 Å². The quantitative estimate of drug-likeness (QED) is 0.450. The zero-order chi connectivity index (χ0) is 8.06. The lowest BCUT2D eigenvalue weighted by molar-refractivity contribution is -0.177. The number of fused-ring (bicyclic) bond motifs is 2. The fourth-order valence-electron chi connectivity index (χ4n) is 1.28. The summed E-state index contributed by atoms with van der Waals surface area (Å²) in [7, 11) is -2.55. The van der Waals surface area contributed by atoms with Crippen LogP contribution < -0.4 is 0 Å². The van der Waals surface area contributed by atoms with Gasteiger partial charge < -0.3 is 23.5 Å². The molecular formula is C5H10O5Si. The minimum absolute atomic E-state index is 0.320. The van der Waals surface area contributed by atoms with Gasteiger partial charge in [0, 0.05) is 6.55 Å². The summed E-state index contributed by atoms with van der Waals surface area (Å²) in [6.45, 7) is 2.02. The van der Waals surface area contributed by atoms with Crippen molar-refractivity contribution in [2.75, 3.05) is 6.61 Å². The molecule has 11 heavy (non-hydrogen) atoms. The Morgan fingerprint density at radius 2 is 2.09 bits per heavy atom. The molecule has 0 spiro atoms. The maximum absolute atomic E-state index is 9.22. The van der Waals surface area contributed by atoms with E-state index in [2.05, 4.69) is 0 Å². The molecule has 2 bridgehead atoms. The molecule has 2 rings (SSSR count). The molecule has 2 N–H and O–H groups in total. The van der Waals surface area contributed by atoms with Crippen molar-refractivity contribution >= 4 is 8.80 Å². The standard InChI is InChI=1S/C5H10O5Si/c1-11-8-2-3(9-11)4(6)5(7)10-11/h3-7H,2H2,1H3. The molecule has 0 aromatic carbocycles. The third-order valence-corrected chi connectivity index (χ3v) is 3.97. The van der Waals surface area contributed by atoms with Crippen LogP contribution in [0.25, 0.3) is 0 Å². The molecule has 64 valence electrons. The summed E-state index contributed by atoms with van der Waals surface area (Å²) in [5.41, 5.74) is 0. The normalized spacial score (nSPS) is 56.5. The molecule has 2 heterocycles. The lowest BCUT2D eigenvalue weighted by Crippen LogP contribution is -2.53. The van der Waals surface area contributed by atoms with Crippen LogP contribution in [0.2, 0.25) is 6.55 Å². The SMILES string of the molecule is C[Si]12OCC(O1)C(O)C(O)O2. The predicted molar refractivity (Wildman–Crippen MR) is 35.5 cm³/mol. The van der Waals surface area contributed by atoms with Crippen molar-refractivity contribution in [2.24, 2.45) is 0 Å². The Kier molecular flexibility index (Phi) is 1.57. The van der Waals surface area contributed by atoms with E-state index in [1.165, 1.54) is 0 Å². The number of aliphatic hydroxyl groups excluding tert-OH is 2. The fraction of sp³-hybridized carbons (Fsp3) is 1.00. The Balaban J connectivity index is 2.17. The molecule has 4 atom stereocenters. The first-order valence-electron chi connectivity index (χ1n) is 3.46. The molecule has 2 aliphatic rings. The highest BCUT2D eigenvalue weighted by Gasteiger charge is 2.54. The molecule has 0 aliphatic carbocycles. The third-order valence-electron chi connectivity index (χ3n) is 1.88. The Morgan fingerprint density at radius 1 is 1.36 bits per heavy atom. The third kappa shape index (κ3) is 1.12. The van der Waals surface area contributed by atoms with Gasteiger partial charge in [-0.05, 0) is 0 Å². The van der Waals surface area contributed by atoms with Gasteiger partial charge in [0.2, 0.25) is 0 Å². The molecule has 2 saturated heterocycles. The molecule has 2 aliphatic heterocycles. The van der Waals surface area contributed by atoms with E-state index in [-0.39, 0.29) is 0 Å². The second-order valence-corrected chi connectivity index (χ2v) is 5.31. The van der Waals surface area contributed by atoms with Crippen molar-refractivity contribution in [1.82, 2.24) is 0 Å². The summed E-state index contributed by atoms with van der Waals surface area (Å²) in [5.74, 6) is 0. The van der Waals surface area contributed by atoms with Crippen molar-refractivity contribution in [2.45, 2.75) is 25.0 Å². The van der Waals surface area contributed by atoms with Crippen LogP contribution >= 0.6 is 0 Å². The Morgan fingerprint density at radius 3 is 2.82 bits per heavy atom. The Labute approximate surface area is 64.9 Å². The van der Waals surface area contributed by atoms with Crippen LogP contribution in [0.4, 0.5) is 0 Å². The van der Waals surface area contributed by atoms with E-state index < -0.39 is 27.3 Å². The van der Waals surface area contributed by atoms with Gasteiger partial charge in [-0.15, -0.1) is 0 Å². The number of rotatable bonds is 0. The summed E-state index contributed by atoms with van der Waals surface area (Å²) in [4.78, 5) is 0. The van der Waals surface area contributed by atoms with Crippen molar-refractivity contribution < 1.29 is 23.5 Å². The van der Waals surface area contributed by atoms with Gasteiger partial charge in [0.1, 0.15) is 12.2 Å². The van der Waals surface area contributed by atoms with Gasteiger partial charge in [-0.1, -0.05) is 0 Å². The van der Waals surface area contributed by atoms with Gasteiger partial charge >= 0.3 is 8.80 Å². The highest BCUT2D eigenvalue weighted by molar-refractivity contribution is 6.59. The molecule has 6 heteroatoms. The smallest absolute Gasteiger partial charge is 0.385 e. The highest BCUT2D eigenvalue weighted by atomic mass is 28.4. The molecule has 0 aromatic heterocycles. The van der Waals surface area contributed by atoms with Crippen molar-refractivity contribution in [3.63, 3.8) is 0 Å². The maximum Gasteiger partial charge on any atom is 0.500 e. The average Bonchev–Trinajstić information content (AvgIpc) is 2.25. The van der Waals surface area contributed by atoms with Gasteiger partial charge in [-0.3, -0.25) is 0 Å². The first-order chi connectivity index (χ1) is 5.11. The predicted octanol–water partition coefficient (Wildman–Crippen LogP) is -1.32. The largest absolute Gasteiger partial charge is 0.500 e. The van der Waals surface area contributed by atoms with Crippen LogP contribution in [0.1, 0.15) is 0 Å². The van der Waals surface area contributed by atoms with Crippen LogP contribution in [-0.4, -0.2) is 44.1 Å². The van der Waals surface area contributed by atoms with Crippen LogP contribution in [0.5, 0.6) is 0 Å². The first-order valence-corrected chi connectivity index (χ1v) is 5.69. The van der Waals surface area contributed by atoms with E-state index in [0.717, 1.165) is 0 Å². The minimum atomic E-state index is -2.55. The number of hydrogen-bond acceptors (Lipinski definition) is 5. The van der Waals surface area contributed by atoms with Crippen molar-refractivity contribution in [3.8, 4) is 0 Å². The van der Waals surface area contributed by atoms with Crippen LogP contribution in [0.15, 0.2) is 0 Å². The zero-order valence-corrected chi connectivity index (χ0v) is 7.06. The van der Waals surface area contributed by atoms with Crippen molar-refractivity contribution in [3.05, 3.63) is 0 Å². The van der Waals surface area contributed by atoms with E-state index in [9.17, 15) is 5.11 Å². The van der Waals surface area contributed by atoms with E-state index >= 15 is 0 Å². The second-order valence-electron chi connectivity index (χ2n) is 2.83. The van der Waals surface area contributed by atoms with E-state index in [4.69, 9.17) is 18.4 Å². The Hall–Kier alpha value is 0.0169. The molecule has 0 saturated carbocycles. The highest BCUT2D eigenvalue weighted by Crippen LogP contribution is 2.30. The minimum Gasteiger partial charge on any atom is -0.385 e. The molecule has 0 amide bonds. The van der Waals surface area contributed by atoms with E-state index in [1.54, 1.807) is 6.55 Å². The van der Waals surface area contributed by atoms with Crippen LogP contribution in [0, 0.1) is 0 Å². The molecular weight excluding hydrogens is 168 g/mol. The fourth-order valence-corrected chi connectivity index (χ4v) is 3.27. The molecule has 2 fully saturated rings.